The van der Waals surface area contributed by atoms with Crippen molar-refractivity contribution in [2.45, 2.75) is 32.4 Å². The van der Waals surface area contributed by atoms with Crippen LogP contribution < -0.4 is 5.73 Å². The monoisotopic (exact) mass is 234 g/mol. The number of nitrogens with two attached hydrogens (primary N) is 1. The highest BCUT2D eigenvalue weighted by atomic mass is 15.3. The number of nitrogens with zero attached hydrogens (tertiary/aromatic N) is 5. The fraction of sp³-hybridized carbons (Fsp3) is 0.545. The van der Waals surface area contributed by atoms with Gasteiger partial charge in [0.05, 0.1) is 6.04 Å². The van der Waals surface area contributed by atoms with Crippen molar-refractivity contribution in [2.24, 2.45) is 12.8 Å². The van der Waals surface area contributed by atoms with Crippen LogP contribution in [0.15, 0.2) is 18.7 Å². The molecule has 2 aromatic heterocycles. The van der Waals surface area contributed by atoms with Crippen LogP contribution in [0, 0.1) is 0 Å². The first-order chi connectivity index (χ1) is 8.09. The van der Waals surface area contributed by atoms with Crippen LogP contribution in [0.4, 0.5) is 0 Å². The topological polar surface area (TPSA) is 74.6 Å². The number of rotatable bonds is 4. The SMILES string of the molecule is CC(C)n1ncnc1CC(N)c1nccn1C. The Balaban J connectivity index is 2.16. The minimum atomic E-state index is -0.156. The van der Waals surface area contributed by atoms with E-state index in [0.717, 1.165) is 11.6 Å². The summed E-state index contributed by atoms with van der Waals surface area (Å²) in [4.78, 5) is 8.50. The Hall–Kier alpha value is -1.69. The summed E-state index contributed by atoms with van der Waals surface area (Å²) in [6.45, 7) is 4.15. The Morgan fingerprint density at radius 2 is 2.12 bits per heavy atom. The molecule has 0 spiro atoms. The van der Waals surface area contributed by atoms with Crippen molar-refractivity contribution >= 4 is 0 Å². The van der Waals surface area contributed by atoms with E-state index in [9.17, 15) is 0 Å². The fourth-order valence-electron chi connectivity index (χ4n) is 1.87. The molecule has 0 saturated heterocycles. The molecule has 92 valence electrons. The van der Waals surface area contributed by atoms with Crippen LogP contribution in [0.5, 0.6) is 0 Å². The second kappa shape index (κ2) is 4.67. The van der Waals surface area contributed by atoms with Gasteiger partial charge < -0.3 is 10.3 Å². The van der Waals surface area contributed by atoms with Crippen molar-refractivity contribution < 1.29 is 0 Å². The second-order valence-corrected chi connectivity index (χ2v) is 4.42. The van der Waals surface area contributed by atoms with Gasteiger partial charge in [0.15, 0.2) is 0 Å². The van der Waals surface area contributed by atoms with E-state index in [-0.39, 0.29) is 6.04 Å². The highest BCUT2D eigenvalue weighted by molar-refractivity contribution is 5.02. The van der Waals surface area contributed by atoms with Crippen molar-refractivity contribution in [3.05, 3.63) is 30.4 Å². The maximum absolute atomic E-state index is 6.14. The lowest BCUT2D eigenvalue weighted by Gasteiger charge is -2.13. The second-order valence-electron chi connectivity index (χ2n) is 4.42. The molecular weight excluding hydrogens is 216 g/mol. The zero-order chi connectivity index (χ0) is 12.4. The average Bonchev–Trinajstić information content (AvgIpc) is 2.86. The van der Waals surface area contributed by atoms with Gasteiger partial charge in [-0.15, -0.1) is 0 Å². The number of aryl methyl sites for hydroxylation is 1. The zero-order valence-electron chi connectivity index (χ0n) is 10.4. The maximum atomic E-state index is 6.14. The average molecular weight is 234 g/mol. The lowest BCUT2D eigenvalue weighted by Crippen LogP contribution is -2.20. The highest BCUT2D eigenvalue weighted by Gasteiger charge is 2.16. The standard InChI is InChI=1S/C11H18N6/c1-8(2)17-10(14-7-15-17)6-9(12)11-13-4-5-16(11)3/h4-5,7-9H,6,12H2,1-3H3. The van der Waals surface area contributed by atoms with Crippen molar-refractivity contribution in [1.82, 2.24) is 24.3 Å². The molecule has 1 atom stereocenters. The molecule has 2 rings (SSSR count). The molecule has 1 unspecified atom stereocenters. The summed E-state index contributed by atoms with van der Waals surface area (Å²) in [6.07, 6.45) is 5.86. The number of hydrogen-bond donors (Lipinski definition) is 1. The smallest absolute Gasteiger partial charge is 0.138 e. The lowest BCUT2D eigenvalue weighted by atomic mass is 10.2. The van der Waals surface area contributed by atoms with Gasteiger partial charge >= 0.3 is 0 Å². The van der Waals surface area contributed by atoms with Crippen LogP contribution in [-0.4, -0.2) is 24.3 Å². The molecule has 6 heteroatoms. The van der Waals surface area contributed by atoms with Crippen molar-refractivity contribution in [2.75, 3.05) is 0 Å². The van der Waals surface area contributed by atoms with Crippen LogP contribution in [0.25, 0.3) is 0 Å². The molecule has 6 nitrogen and oxygen atoms in total. The fourth-order valence-corrected chi connectivity index (χ4v) is 1.87. The minimum absolute atomic E-state index is 0.156. The van der Waals surface area contributed by atoms with E-state index >= 15 is 0 Å². The van der Waals surface area contributed by atoms with Gasteiger partial charge in [0.1, 0.15) is 18.0 Å². The Bertz CT molecular complexity index is 484. The molecule has 0 saturated carbocycles. The first-order valence-corrected chi connectivity index (χ1v) is 5.70. The summed E-state index contributed by atoms with van der Waals surface area (Å²) in [5, 5.41) is 4.20. The summed E-state index contributed by atoms with van der Waals surface area (Å²) >= 11 is 0. The third kappa shape index (κ3) is 2.36. The highest BCUT2D eigenvalue weighted by Crippen LogP contribution is 2.14. The van der Waals surface area contributed by atoms with E-state index in [4.69, 9.17) is 5.73 Å². The van der Waals surface area contributed by atoms with Gasteiger partial charge in [-0.05, 0) is 13.8 Å². The first-order valence-electron chi connectivity index (χ1n) is 5.70. The lowest BCUT2D eigenvalue weighted by molar-refractivity contribution is 0.487. The Kier molecular flexibility index (Phi) is 3.23. The molecular formula is C11H18N6. The Morgan fingerprint density at radius 3 is 2.71 bits per heavy atom. The van der Waals surface area contributed by atoms with Crippen LogP contribution in [0.3, 0.4) is 0 Å². The third-order valence-corrected chi connectivity index (χ3v) is 2.73. The molecule has 0 radical (unpaired) electrons. The van der Waals surface area contributed by atoms with Gasteiger partial charge in [0.2, 0.25) is 0 Å². The van der Waals surface area contributed by atoms with Crippen molar-refractivity contribution in [3.8, 4) is 0 Å². The molecule has 0 aliphatic rings. The minimum Gasteiger partial charge on any atom is -0.337 e. The van der Waals surface area contributed by atoms with E-state index in [0.29, 0.717) is 12.5 Å². The molecule has 0 aliphatic carbocycles. The van der Waals surface area contributed by atoms with E-state index in [1.54, 1.807) is 12.5 Å². The summed E-state index contributed by atoms with van der Waals surface area (Å²) in [5.74, 6) is 1.76. The normalized spacial score (nSPS) is 13.2. The Morgan fingerprint density at radius 1 is 1.35 bits per heavy atom. The van der Waals surface area contributed by atoms with E-state index in [1.165, 1.54) is 0 Å². The third-order valence-electron chi connectivity index (χ3n) is 2.73. The van der Waals surface area contributed by atoms with E-state index in [1.807, 2.05) is 22.5 Å². The van der Waals surface area contributed by atoms with Crippen molar-refractivity contribution in [3.63, 3.8) is 0 Å². The Labute approximate surface area is 100 Å². The molecule has 2 aromatic rings. The van der Waals surface area contributed by atoms with Gasteiger partial charge in [-0.3, -0.25) is 0 Å². The van der Waals surface area contributed by atoms with Gasteiger partial charge in [0, 0.05) is 31.9 Å². The summed E-state index contributed by atoms with van der Waals surface area (Å²) in [6, 6.07) is 0.137. The number of hydrogen-bond acceptors (Lipinski definition) is 4. The molecule has 2 N–H and O–H groups in total. The summed E-state index contributed by atoms with van der Waals surface area (Å²) < 4.78 is 3.82. The molecule has 2 heterocycles. The predicted octanol–water partition coefficient (Wildman–Crippen LogP) is 0.835. The van der Waals surface area contributed by atoms with Crippen molar-refractivity contribution in [1.29, 1.82) is 0 Å². The van der Waals surface area contributed by atoms with Gasteiger partial charge in [-0.25, -0.2) is 14.6 Å². The first kappa shape index (κ1) is 11.8. The largest absolute Gasteiger partial charge is 0.337 e. The van der Waals surface area contributed by atoms with Gasteiger partial charge in [0.25, 0.3) is 0 Å². The molecule has 0 aromatic carbocycles. The van der Waals surface area contributed by atoms with E-state index < -0.39 is 0 Å². The van der Waals surface area contributed by atoms with Gasteiger partial charge in [-0.2, -0.15) is 5.10 Å². The summed E-state index contributed by atoms with van der Waals surface area (Å²) in [5.41, 5.74) is 6.14. The molecule has 0 aliphatic heterocycles. The number of aromatic nitrogens is 5. The van der Waals surface area contributed by atoms with Gasteiger partial charge in [-0.1, -0.05) is 0 Å². The predicted molar refractivity (Wildman–Crippen MR) is 64.2 cm³/mol. The molecule has 0 amide bonds. The molecule has 0 fully saturated rings. The van der Waals surface area contributed by atoms with E-state index in [2.05, 4.69) is 28.9 Å². The van der Waals surface area contributed by atoms with Crippen LogP contribution in [-0.2, 0) is 13.5 Å². The zero-order valence-corrected chi connectivity index (χ0v) is 10.4. The molecule has 0 bridgehead atoms. The quantitative estimate of drug-likeness (QED) is 0.850. The van der Waals surface area contributed by atoms with Crippen LogP contribution in [0.1, 0.15) is 37.6 Å². The summed E-state index contributed by atoms with van der Waals surface area (Å²) in [7, 11) is 1.94. The van der Waals surface area contributed by atoms with Crippen LogP contribution in [0.2, 0.25) is 0 Å². The molecule has 17 heavy (non-hydrogen) atoms. The number of imidazole rings is 1. The van der Waals surface area contributed by atoms with Crippen LogP contribution >= 0.6 is 0 Å². The maximum Gasteiger partial charge on any atom is 0.138 e.